The van der Waals surface area contributed by atoms with Gasteiger partial charge in [0.25, 0.3) is 5.91 Å². The molecule has 2 aromatic rings. The number of benzene rings is 1. The smallest absolute Gasteiger partial charge is 0.276 e. The summed E-state index contributed by atoms with van der Waals surface area (Å²) in [5.74, 6) is -0.0921. The summed E-state index contributed by atoms with van der Waals surface area (Å²) in [6.07, 6.45) is 3.39. The van der Waals surface area contributed by atoms with Gasteiger partial charge in [-0.25, -0.2) is 0 Å². The van der Waals surface area contributed by atoms with E-state index in [1.54, 1.807) is 4.90 Å². The van der Waals surface area contributed by atoms with E-state index in [9.17, 15) is 9.59 Å². The fourth-order valence-electron chi connectivity index (χ4n) is 3.43. The molecule has 0 radical (unpaired) electrons. The first-order valence-corrected chi connectivity index (χ1v) is 8.71. The van der Waals surface area contributed by atoms with Gasteiger partial charge >= 0.3 is 0 Å². The molecule has 0 atom stereocenters. The number of rotatable bonds is 3. The second-order valence-electron chi connectivity index (χ2n) is 6.46. The predicted molar refractivity (Wildman–Crippen MR) is 94.6 cm³/mol. The summed E-state index contributed by atoms with van der Waals surface area (Å²) >= 11 is 0. The number of nitrogens with one attached hydrogen (secondary N) is 3. The normalized spacial score (nSPS) is 17.3. The third kappa shape index (κ3) is 3.15. The van der Waals surface area contributed by atoms with Crippen LogP contribution in [0, 0.1) is 0 Å². The molecule has 1 aromatic heterocycles. The molecule has 0 bridgehead atoms. The number of carbonyl (C=O) groups is 2. The highest BCUT2D eigenvalue weighted by atomic mass is 16.2. The lowest BCUT2D eigenvalue weighted by molar-refractivity contribution is -0.119. The zero-order valence-corrected chi connectivity index (χ0v) is 14.0. The van der Waals surface area contributed by atoms with Gasteiger partial charge in [-0.05, 0) is 31.0 Å². The summed E-state index contributed by atoms with van der Waals surface area (Å²) in [7, 11) is 0. The fraction of sp³-hybridized carbons (Fsp3) is 0.389. The Morgan fingerprint density at radius 2 is 2.16 bits per heavy atom. The molecule has 0 spiro atoms. The lowest BCUT2D eigenvalue weighted by atomic mass is 10.1. The van der Waals surface area contributed by atoms with Crippen LogP contribution in [0.1, 0.15) is 41.0 Å². The van der Waals surface area contributed by atoms with Crippen LogP contribution < -0.4 is 15.5 Å². The summed E-state index contributed by atoms with van der Waals surface area (Å²) in [6, 6.07) is 7.43. The standard InChI is InChI=1S/C18H21N5O2/c24-16-6-1-2-9-23(16)13-5-3-4-12(10-13)20-18(25)17-14-11-19-8-7-15(14)21-22-17/h3-5,10,19H,1-2,6-9,11H2,(H,20,25)(H,21,22). The fourth-order valence-corrected chi connectivity index (χ4v) is 3.43. The highest BCUT2D eigenvalue weighted by Crippen LogP contribution is 2.24. The van der Waals surface area contributed by atoms with Gasteiger partial charge < -0.3 is 15.5 Å². The van der Waals surface area contributed by atoms with Gasteiger partial charge in [0.1, 0.15) is 0 Å². The molecular formula is C18H21N5O2. The number of nitrogens with zero attached hydrogens (tertiary/aromatic N) is 2. The molecule has 25 heavy (non-hydrogen) atoms. The van der Waals surface area contributed by atoms with Crippen LogP contribution in [-0.4, -0.2) is 35.1 Å². The molecule has 2 aliphatic heterocycles. The highest BCUT2D eigenvalue weighted by molar-refractivity contribution is 6.04. The van der Waals surface area contributed by atoms with Crippen molar-refractivity contribution in [2.75, 3.05) is 23.3 Å². The van der Waals surface area contributed by atoms with Crippen LogP contribution in [0.15, 0.2) is 24.3 Å². The Balaban J connectivity index is 1.53. The molecule has 3 N–H and O–H groups in total. The van der Waals surface area contributed by atoms with Crippen molar-refractivity contribution in [3.05, 3.63) is 41.2 Å². The maximum Gasteiger partial charge on any atom is 0.276 e. The maximum atomic E-state index is 12.6. The first-order valence-electron chi connectivity index (χ1n) is 8.71. The third-order valence-electron chi connectivity index (χ3n) is 4.76. The molecule has 1 saturated heterocycles. The molecule has 7 nitrogen and oxygen atoms in total. The van der Waals surface area contributed by atoms with E-state index in [-0.39, 0.29) is 11.8 Å². The number of piperidine rings is 1. The molecule has 3 heterocycles. The van der Waals surface area contributed by atoms with Crippen LogP contribution in [0.5, 0.6) is 0 Å². The lowest BCUT2D eigenvalue weighted by Gasteiger charge is -2.27. The van der Waals surface area contributed by atoms with Crippen molar-refractivity contribution >= 4 is 23.2 Å². The zero-order chi connectivity index (χ0) is 17.2. The van der Waals surface area contributed by atoms with Gasteiger partial charge in [-0.15, -0.1) is 0 Å². The second kappa shape index (κ2) is 6.68. The average Bonchev–Trinajstić information content (AvgIpc) is 3.06. The molecule has 1 fully saturated rings. The number of hydrogen-bond acceptors (Lipinski definition) is 4. The monoisotopic (exact) mass is 339 g/mol. The number of aromatic amines is 1. The van der Waals surface area contributed by atoms with Crippen LogP contribution in [-0.2, 0) is 17.8 Å². The van der Waals surface area contributed by atoms with Gasteiger partial charge in [0.05, 0.1) is 0 Å². The Labute approximate surface area is 145 Å². The van der Waals surface area contributed by atoms with Crippen molar-refractivity contribution < 1.29 is 9.59 Å². The van der Waals surface area contributed by atoms with Crippen molar-refractivity contribution in [3.63, 3.8) is 0 Å². The van der Waals surface area contributed by atoms with E-state index in [4.69, 9.17) is 0 Å². The van der Waals surface area contributed by atoms with E-state index in [0.29, 0.717) is 24.3 Å². The van der Waals surface area contributed by atoms with Crippen molar-refractivity contribution in [2.45, 2.75) is 32.2 Å². The van der Waals surface area contributed by atoms with Crippen LogP contribution in [0.2, 0.25) is 0 Å². The van der Waals surface area contributed by atoms with Crippen LogP contribution in [0.25, 0.3) is 0 Å². The summed E-state index contributed by atoms with van der Waals surface area (Å²) in [5.41, 5.74) is 3.89. The molecule has 0 aliphatic carbocycles. The summed E-state index contributed by atoms with van der Waals surface area (Å²) in [4.78, 5) is 26.5. The second-order valence-corrected chi connectivity index (χ2v) is 6.46. The van der Waals surface area contributed by atoms with Gasteiger partial charge in [0.15, 0.2) is 5.69 Å². The Bertz CT molecular complexity index is 814. The van der Waals surface area contributed by atoms with Crippen molar-refractivity contribution in [2.24, 2.45) is 0 Å². The highest BCUT2D eigenvalue weighted by Gasteiger charge is 2.23. The maximum absolute atomic E-state index is 12.6. The minimum Gasteiger partial charge on any atom is -0.321 e. The molecule has 0 saturated carbocycles. The predicted octanol–water partition coefficient (Wildman–Crippen LogP) is 1.82. The van der Waals surface area contributed by atoms with E-state index < -0.39 is 0 Å². The number of H-pyrrole nitrogens is 1. The molecule has 130 valence electrons. The minimum absolute atomic E-state index is 0.141. The first-order chi connectivity index (χ1) is 12.2. The van der Waals surface area contributed by atoms with Crippen LogP contribution in [0.4, 0.5) is 11.4 Å². The molecule has 2 amide bonds. The molecule has 1 aromatic carbocycles. The molecular weight excluding hydrogens is 318 g/mol. The van der Waals surface area contributed by atoms with Gasteiger partial charge in [-0.2, -0.15) is 5.10 Å². The Kier molecular flexibility index (Phi) is 4.23. The number of hydrogen-bond donors (Lipinski definition) is 3. The van der Waals surface area contributed by atoms with Gasteiger partial charge in [0.2, 0.25) is 5.91 Å². The summed E-state index contributed by atoms with van der Waals surface area (Å²) in [5, 5.41) is 13.3. The van der Waals surface area contributed by atoms with Crippen molar-refractivity contribution in [3.8, 4) is 0 Å². The summed E-state index contributed by atoms with van der Waals surface area (Å²) in [6.45, 7) is 2.27. The van der Waals surface area contributed by atoms with Crippen molar-refractivity contribution in [1.82, 2.24) is 15.5 Å². The van der Waals surface area contributed by atoms with Gasteiger partial charge in [-0.1, -0.05) is 6.07 Å². The average molecular weight is 339 g/mol. The lowest BCUT2D eigenvalue weighted by Crippen LogP contribution is -2.35. The van der Waals surface area contributed by atoms with E-state index in [0.717, 1.165) is 49.3 Å². The first kappa shape index (κ1) is 15.8. The van der Waals surface area contributed by atoms with E-state index >= 15 is 0 Å². The van der Waals surface area contributed by atoms with Crippen LogP contribution >= 0.6 is 0 Å². The topological polar surface area (TPSA) is 90.1 Å². The zero-order valence-electron chi connectivity index (χ0n) is 14.0. The number of anilines is 2. The number of carbonyl (C=O) groups excluding carboxylic acids is 2. The largest absolute Gasteiger partial charge is 0.321 e. The van der Waals surface area contributed by atoms with Crippen LogP contribution in [0.3, 0.4) is 0 Å². The minimum atomic E-state index is -0.233. The molecule has 0 unspecified atom stereocenters. The number of fused-ring (bicyclic) bond motifs is 1. The Morgan fingerprint density at radius 1 is 1.24 bits per heavy atom. The van der Waals surface area contributed by atoms with E-state index in [2.05, 4.69) is 20.8 Å². The molecule has 4 rings (SSSR count). The SMILES string of the molecule is O=C(Nc1cccc(N2CCCCC2=O)c1)c1n[nH]c2c1CNCC2. The van der Waals surface area contributed by atoms with E-state index in [1.807, 2.05) is 24.3 Å². The molecule has 7 heteroatoms. The Hall–Kier alpha value is -2.67. The van der Waals surface area contributed by atoms with E-state index in [1.165, 1.54) is 0 Å². The summed E-state index contributed by atoms with van der Waals surface area (Å²) < 4.78 is 0. The van der Waals surface area contributed by atoms with Crippen molar-refractivity contribution in [1.29, 1.82) is 0 Å². The quantitative estimate of drug-likeness (QED) is 0.796. The molecule has 2 aliphatic rings. The van der Waals surface area contributed by atoms with Gasteiger partial charge in [-0.3, -0.25) is 14.7 Å². The number of amides is 2. The van der Waals surface area contributed by atoms with Gasteiger partial charge in [0, 0.05) is 55.1 Å². The third-order valence-corrected chi connectivity index (χ3v) is 4.76. The number of aromatic nitrogens is 2. The Morgan fingerprint density at radius 3 is 3.04 bits per heavy atom.